The highest BCUT2D eigenvalue weighted by molar-refractivity contribution is 6.24. The Labute approximate surface area is 169 Å². The lowest BCUT2D eigenvalue weighted by Crippen LogP contribution is -2.52. The summed E-state index contributed by atoms with van der Waals surface area (Å²) in [6, 6.07) is 5.37. The van der Waals surface area contributed by atoms with Crippen molar-refractivity contribution in [2.45, 2.75) is 31.8 Å². The average molecular weight is 416 g/mol. The van der Waals surface area contributed by atoms with E-state index in [0.29, 0.717) is 0 Å². The van der Waals surface area contributed by atoms with Gasteiger partial charge in [-0.25, -0.2) is 4.90 Å². The first-order valence-electron chi connectivity index (χ1n) is 9.00. The van der Waals surface area contributed by atoms with Crippen LogP contribution in [0.5, 0.6) is 0 Å². The fourth-order valence-corrected chi connectivity index (χ4v) is 4.26. The number of hydrogen-bond donors (Lipinski definition) is 0. The van der Waals surface area contributed by atoms with Crippen molar-refractivity contribution in [3.8, 4) is 0 Å². The minimum atomic E-state index is -1.71. The van der Waals surface area contributed by atoms with E-state index in [9.17, 15) is 29.3 Å². The van der Waals surface area contributed by atoms with E-state index in [1.165, 1.54) is 36.4 Å². The van der Waals surface area contributed by atoms with Crippen molar-refractivity contribution in [3.63, 3.8) is 0 Å². The molecule has 0 N–H and O–H groups in total. The molecule has 1 aromatic carbocycles. The summed E-state index contributed by atoms with van der Waals surface area (Å²) in [5.41, 5.74) is -2.29. The number of imide groups is 1. The third-order valence-electron chi connectivity index (χ3n) is 5.31. The average Bonchev–Trinajstić information content (AvgIpc) is 3.31. The van der Waals surface area contributed by atoms with Gasteiger partial charge in [0.05, 0.1) is 22.9 Å². The first kappa shape index (κ1) is 19.7. The maximum Gasteiger partial charge on any atom is 0.305 e. The molecule has 3 aliphatic heterocycles. The number of ether oxygens (including phenoxy) is 3. The van der Waals surface area contributed by atoms with Crippen LogP contribution < -0.4 is 4.90 Å². The maximum atomic E-state index is 13.3. The van der Waals surface area contributed by atoms with Crippen LogP contribution in [-0.4, -0.2) is 46.7 Å². The van der Waals surface area contributed by atoms with Crippen molar-refractivity contribution in [2.24, 2.45) is 11.8 Å². The van der Waals surface area contributed by atoms with E-state index in [0.717, 1.165) is 18.7 Å². The highest BCUT2D eigenvalue weighted by Crippen LogP contribution is 2.55. The summed E-state index contributed by atoms with van der Waals surface area (Å²) in [6.07, 6.45) is 0.512. The number of rotatable bonds is 5. The monoisotopic (exact) mass is 416 g/mol. The zero-order chi connectivity index (χ0) is 21.8. The summed E-state index contributed by atoms with van der Waals surface area (Å²) in [7, 11) is 0. The molecule has 1 aromatic rings. The van der Waals surface area contributed by atoms with Gasteiger partial charge in [-0.2, -0.15) is 0 Å². The third-order valence-corrected chi connectivity index (χ3v) is 5.31. The van der Waals surface area contributed by atoms with Crippen molar-refractivity contribution >= 4 is 35.1 Å². The van der Waals surface area contributed by atoms with E-state index in [4.69, 9.17) is 14.2 Å². The quantitative estimate of drug-likeness (QED) is 0.170. The van der Waals surface area contributed by atoms with Gasteiger partial charge in [0.15, 0.2) is 5.60 Å². The highest BCUT2D eigenvalue weighted by atomic mass is 16.7. The van der Waals surface area contributed by atoms with E-state index >= 15 is 0 Å². The number of fused-ring (bicyclic) bond motifs is 5. The number of carbonyl (C=O) groups is 4. The molecule has 11 heteroatoms. The SMILES string of the molecule is CC(=O)OC(OC(C)=O)C12C=CC(O1)C1C(=O)N(c3ccccc3[N+](=O)[O-])C(=O)C12. The summed E-state index contributed by atoms with van der Waals surface area (Å²) < 4.78 is 16.1. The number of hydrogen-bond acceptors (Lipinski definition) is 9. The molecule has 0 radical (unpaired) electrons. The van der Waals surface area contributed by atoms with E-state index < -0.39 is 64.2 Å². The van der Waals surface area contributed by atoms with Crippen molar-refractivity contribution in [1.29, 1.82) is 0 Å². The molecule has 0 aromatic heterocycles. The molecule has 2 saturated heterocycles. The standard InChI is InChI=1S/C19H16N2O9/c1-9(22)28-18(29-10(2)23)19-8-7-13(30-19)14-15(19)17(25)20(16(14)24)11-5-3-4-6-12(11)21(26)27/h3-8,13-15,18H,1-2H3. The lowest BCUT2D eigenvalue weighted by atomic mass is 9.76. The maximum absolute atomic E-state index is 13.3. The number of carbonyl (C=O) groups excluding carboxylic acids is 4. The van der Waals surface area contributed by atoms with Crippen LogP contribution in [0.1, 0.15) is 13.8 Å². The molecule has 11 nitrogen and oxygen atoms in total. The van der Waals surface area contributed by atoms with Crippen LogP contribution in [0.25, 0.3) is 0 Å². The number of nitro groups is 1. The van der Waals surface area contributed by atoms with Gasteiger partial charge in [0.2, 0.25) is 11.8 Å². The molecule has 2 bridgehead atoms. The summed E-state index contributed by atoms with van der Waals surface area (Å²) in [6.45, 7) is 2.19. The molecule has 30 heavy (non-hydrogen) atoms. The summed E-state index contributed by atoms with van der Waals surface area (Å²) >= 11 is 0. The first-order valence-corrected chi connectivity index (χ1v) is 9.00. The predicted octanol–water partition coefficient (Wildman–Crippen LogP) is 0.860. The van der Waals surface area contributed by atoms with E-state index in [-0.39, 0.29) is 5.69 Å². The van der Waals surface area contributed by atoms with Gasteiger partial charge in [0, 0.05) is 19.9 Å². The second kappa shape index (κ2) is 6.73. The molecule has 0 saturated carbocycles. The van der Waals surface area contributed by atoms with Gasteiger partial charge in [-0.1, -0.05) is 18.2 Å². The van der Waals surface area contributed by atoms with E-state index in [1.807, 2.05) is 0 Å². The predicted molar refractivity (Wildman–Crippen MR) is 96.6 cm³/mol. The number of esters is 2. The molecular formula is C19H16N2O9. The van der Waals surface area contributed by atoms with E-state index in [1.54, 1.807) is 0 Å². The van der Waals surface area contributed by atoms with Gasteiger partial charge >= 0.3 is 11.9 Å². The normalized spacial score (nSPS) is 28.8. The Morgan fingerprint density at radius 3 is 2.40 bits per heavy atom. The molecular weight excluding hydrogens is 400 g/mol. The zero-order valence-corrected chi connectivity index (χ0v) is 15.8. The Morgan fingerprint density at radius 2 is 1.80 bits per heavy atom. The van der Waals surface area contributed by atoms with Crippen molar-refractivity contribution in [3.05, 3.63) is 46.5 Å². The smallest absolute Gasteiger partial charge is 0.305 e. The highest BCUT2D eigenvalue weighted by Gasteiger charge is 2.72. The largest absolute Gasteiger partial charge is 0.422 e. The van der Waals surface area contributed by atoms with Crippen LogP contribution in [0, 0.1) is 22.0 Å². The first-order chi connectivity index (χ1) is 14.2. The van der Waals surface area contributed by atoms with Gasteiger partial charge in [-0.05, 0) is 12.1 Å². The Bertz CT molecular complexity index is 1000. The fourth-order valence-electron chi connectivity index (χ4n) is 4.26. The second-order valence-corrected chi connectivity index (χ2v) is 7.11. The Hall–Kier alpha value is -3.60. The number of amides is 2. The van der Waals surface area contributed by atoms with Crippen LogP contribution >= 0.6 is 0 Å². The molecule has 156 valence electrons. The zero-order valence-electron chi connectivity index (χ0n) is 15.8. The lowest BCUT2D eigenvalue weighted by Gasteiger charge is -2.34. The number of anilines is 1. The van der Waals surface area contributed by atoms with Crippen LogP contribution in [0.15, 0.2) is 36.4 Å². The number of nitro benzene ring substituents is 1. The Balaban J connectivity index is 1.78. The topological polar surface area (TPSA) is 142 Å². The summed E-state index contributed by atoms with van der Waals surface area (Å²) in [5.74, 6) is -5.21. The molecule has 4 atom stereocenters. The van der Waals surface area contributed by atoms with Gasteiger partial charge < -0.3 is 14.2 Å². The van der Waals surface area contributed by atoms with E-state index in [2.05, 4.69) is 0 Å². The number of benzene rings is 1. The van der Waals surface area contributed by atoms with Crippen LogP contribution in [-0.2, 0) is 33.4 Å². The molecule has 3 heterocycles. The molecule has 4 rings (SSSR count). The lowest BCUT2D eigenvalue weighted by molar-refractivity contribution is -0.384. The van der Waals surface area contributed by atoms with Gasteiger partial charge in [-0.15, -0.1) is 0 Å². The van der Waals surface area contributed by atoms with Gasteiger partial charge in [0.1, 0.15) is 5.69 Å². The van der Waals surface area contributed by atoms with Gasteiger partial charge in [0.25, 0.3) is 12.0 Å². The Morgan fingerprint density at radius 1 is 1.17 bits per heavy atom. The van der Waals surface area contributed by atoms with Crippen LogP contribution in [0.3, 0.4) is 0 Å². The number of nitrogens with zero attached hydrogens (tertiary/aromatic N) is 2. The molecule has 2 fully saturated rings. The van der Waals surface area contributed by atoms with Crippen molar-refractivity contribution in [1.82, 2.24) is 0 Å². The molecule has 4 unspecified atom stereocenters. The molecule has 3 aliphatic rings. The minimum Gasteiger partial charge on any atom is -0.422 e. The third kappa shape index (κ3) is 2.70. The summed E-state index contributed by atoms with van der Waals surface area (Å²) in [4.78, 5) is 61.1. The fraction of sp³-hybridized carbons (Fsp3) is 0.368. The van der Waals surface area contributed by atoms with Crippen LogP contribution in [0.4, 0.5) is 11.4 Å². The van der Waals surface area contributed by atoms with Crippen molar-refractivity contribution < 1.29 is 38.3 Å². The molecule has 0 spiro atoms. The van der Waals surface area contributed by atoms with Crippen molar-refractivity contribution in [2.75, 3.05) is 4.90 Å². The molecule has 0 aliphatic carbocycles. The van der Waals surface area contributed by atoms with Gasteiger partial charge in [-0.3, -0.25) is 29.3 Å². The second-order valence-electron chi connectivity index (χ2n) is 7.11. The Kier molecular flexibility index (Phi) is 4.42. The summed E-state index contributed by atoms with van der Waals surface area (Å²) in [5, 5.41) is 11.4. The molecule has 2 amide bonds. The minimum absolute atomic E-state index is 0.169. The van der Waals surface area contributed by atoms with Crippen LogP contribution in [0.2, 0.25) is 0 Å². The number of para-hydroxylation sites is 2.